The maximum Gasteiger partial charge on any atom is 0.352 e. The molecule has 1 atom stereocenters. The van der Waals surface area contributed by atoms with Crippen molar-refractivity contribution in [2.45, 2.75) is 24.3 Å². The first-order valence-corrected chi connectivity index (χ1v) is 9.06. The van der Waals surface area contributed by atoms with Gasteiger partial charge in [0.2, 0.25) is 0 Å². The normalized spacial score (nSPS) is 17.3. The summed E-state index contributed by atoms with van der Waals surface area (Å²) in [7, 11) is -4.34. The fraction of sp³-hybridized carbons (Fsp3) is 0.176. The molecule has 8 heteroatoms. The zero-order valence-corrected chi connectivity index (χ0v) is 14.2. The van der Waals surface area contributed by atoms with Gasteiger partial charge in [0, 0.05) is 12.1 Å². The van der Waals surface area contributed by atoms with Gasteiger partial charge in [-0.15, -0.1) is 0 Å². The van der Waals surface area contributed by atoms with Crippen molar-refractivity contribution in [3.05, 3.63) is 66.0 Å². The summed E-state index contributed by atoms with van der Waals surface area (Å²) in [4.78, 5) is 11.9. The second-order valence-electron chi connectivity index (χ2n) is 5.65. The van der Waals surface area contributed by atoms with Crippen molar-refractivity contribution in [1.82, 2.24) is 9.73 Å². The number of urea groups is 1. The van der Waals surface area contributed by atoms with Crippen LogP contribution in [0.5, 0.6) is 0 Å². The Hall–Kier alpha value is -2.74. The van der Waals surface area contributed by atoms with Gasteiger partial charge < -0.3 is 0 Å². The van der Waals surface area contributed by atoms with Gasteiger partial charge in [-0.3, -0.25) is 0 Å². The third-order valence-corrected chi connectivity index (χ3v) is 5.16. The number of hydrazone groups is 1. The highest BCUT2D eigenvalue weighted by Gasteiger charge is 2.33. The van der Waals surface area contributed by atoms with E-state index in [-0.39, 0.29) is 0 Å². The van der Waals surface area contributed by atoms with Crippen molar-refractivity contribution in [3.8, 4) is 0 Å². The van der Waals surface area contributed by atoms with Crippen LogP contribution in [0.4, 0.5) is 9.18 Å². The summed E-state index contributed by atoms with van der Waals surface area (Å²) in [6.45, 7) is 1.76. The molecule has 2 aromatic rings. The van der Waals surface area contributed by atoms with Gasteiger partial charge in [0.25, 0.3) is 10.0 Å². The van der Waals surface area contributed by atoms with Crippen LogP contribution in [0.25, 0.3) is 0 Å². The van der Waals surface area contributed by atoms with Crippen molar-refractivity contribution < 1.29 is 17.6 Å². The molecule has 1 heterocycles. The van der Waals surface area contributed by atoms with E-state index in [1.807, 2.05) is 35.1 Å². The second-order valence-corrected chi connectivity index (χ2v) is 7.30. The lowest BCUT2D eigenvalue weighted by atomic mass is 10.0. The molecule has 0 aliphatic carbocycles. The highest BCUT2D eigenvalue weighted by molar-refractivity contribution is 7.90. The molecule has 1 aliphatic heterocycles. The van der Waals surface area contributed by atoms with Crippen molar-refractivity contribution in [2.75, 3.05) is 0 Å². The van der Waals surface area contributed by atoms with Crippen LogP contribution >= 0.6 is 0 Å². The van der Waals surface area contributed by atoms with Gasteiger partial charge in [-0.25, -0.2) is 27.3 Å². The largest absolute Gasteiger partial charge is 0.352 e. The van der Waals surface area contributed by atoms with E-state index in [2.05, 4.69) is 5.10 Å². The van der Waals surface area contributed by atoms with Crippen LogP contribution < -0.4 is 4.72 Å². The summed E-state index contributed by atoms with van der Waals surface area (Å²) in [5, 5.41) is 5.21. The number of carbonyl (C=O) groups excluding carboxylic acids is 1. The minimum Gasteiger partial charge on any atom is -0.245 e. The SMILES string of the molecule is CC1=NN(C(=O)NS(=O)(=O)c2ccccc2F)C(c2ccccc2)C1. The first-order chi connectivity index (χ1) is 11.9. The van der Waals surface area contributed by atoms with Crippen LogP contribution in [0.2, 0.25) is 0 Å². The molecule has 6 nitrogen and oxygen atoms in total. The molecule has 1 aliphatic rings. The average molecular weight is 361 g/mol. The monoisotopic (exact) mass is 361 g/mol. The third kappa shape index (κ3) is 3.53. The van der Waals surface area contributed by atoms with Crippen LogP contribution in [0.1, 0.15) is 24.9 Å². The van der Waals surface area contributed by atoms with E-state index < -0.39 is 32.8 Å². The van der Waals surface area contributed by atoms with Crippen molar-refractivity contribution >= 4 is 21.8 Å². The average Bonchev–Trinajstić information content (AvgIpc) is 2.97. The Bertz CT molecular complexity index is 929. The maximum absolute atomic E-state index is 13.7. The van der Waals surface area contributed by atoms with Crippen molar-refractivity contribution in [3.63, 3.8) is 0 Å². The number of nitrogens with zero attached hydrogens (tertiary/aromatic N) is 2. The molecule has 0 spiro atoms. The number of sulfonamides is 1. The molecular formula is C17H16FN3O3S. The summed E-state index contributed by atoms with van der Waals surface area (Å²) >= 11 is 0. The van der Waals surface area contributed by atoms with Crippen LogP contribution in [0.3, 0.4) is 0 Å². The number of rotatable bonds is 3. The fourth-order valence-electron chi connectivity index (χ4n) is 2.66. The van der Waals surface area contributed by atoms with Gasteiger partial charge in [-0.2, -0.15) is 5.10 Å². The smallest absolute Gasteiger partial charge is 0.245 e. The van der Waals surface area contributed by atoms with Gasteiger partial charge in [0.05, 0.1) is 6.04 Å². The Labute approximate surface area is 145 Å². The summed E-state index contributed by atoms with van der Waals surface area (Å²) in [5.74, 6) is -0.927. The van der Waals surface area contributed by atoms with Gasteiger partial charge in [0.1, 0.15) is 10.7 Å². The van der Waals surface area contributed by atoms with Gasteiger partial charge in [-0.05, 0) is 24.6 Å². The number of carbonyl (C=O) groups is 1. The molecular weight excluding hydrogens is 345 g/mol. The number of benzene rings is 2. The first-order valence-electron chi connectivity index (χ1n) is 7.58. The molecule has 2 amide bonds. The molecule has 0 saturated carbocycles. The maximum atomic E-state index is 13.7. The van der Waals surface area contributed by atoms with Crippen LogP contribution in [0, 0.1) is 5.82 Å². The van der Waals surface area contributed by atoms with E-state index in [1.54, 1.807) is 6.92 Å². The number of hydrogen-bond donors (Lipinski definition) is 1. The Balaban J connectivity index is 1.86. The third-order valence-electron chi connectivity index (χ3n) is 3.80. The molecule has 130 valence electrons. The molecule has 1 N–H and O–H groups in total. The number of hydrogen-bond acceptors (Lipinski definition) is 4. The Morgan fingerprint density at radius 2 is 1.80 bits per heavy atom. The lowest BCUT2D eigenvalue weighted by molar-refractivity contribution is 0.192. The first kappa shape index (κ1) is 17.1. The van der Waals surface area contributed by atoms with E-state index in [1.165, 1.54) is 12.1 Å². The second kappa shape index (κ2) is 6.64. The fourth-order valence-corrected chi connectivity index (χ4v) is 3.68. The van der Waals surface area contributed by atoms with Gasteiger partial charge >= 0.3 is 6.03 Å². The lowest BCUT2D eigenvalue weighted by Gasteiger charge is -2.22. The zero-order chi connectivity index (χ0) is 18.0. The summed E-state index contributed by atoms with van der Waals surface area (Å²) in [6, 6.07) is 12.7. The zero-order valence-electron chi connectivity index (χ0n) is 13.4. The quantitative estimate of drug-likeness (QED) is 0.913. The Morgan fingerprint density at radius 3 is 2.48 bits per heavy atom. The van der Waals surface area contributed by atoms with Crippen molar-refractivity contribution in [2.24, 2.45) is 5.10 Å². The van der Waals surface area contributed by atoms with Crippen molar-refractivity contribution in [1.29, 1.82) is 0 Å². The van der Waals surface area contributed by atoms with Crippen LogP contribution in [0.15, 0.2) is 64.6 Å². The summed E-state index contributed by atoms with van der Waals surface area (Å²) < 4.78 is 40.2. The minimum atomic E-state index is -4.34. The minimum absolute atomic E-state index is 0.406. The number of amides is 2. The molecule has 0 fully saturated rings. The molecule has 2 aromatic carbocycles. The topological polar surface area (TPSA) is 78.8 Å². The van der Waals surface area contributed by atoms with E-state index in [9.17, 15) is 17.6 Å². The molecule has 0 saturated heterocycles. The standard InChI is InChI=1S/C17H16FN3O3S/c1-12-11-15(13-7-3-2-4-8-13)21(19-12)17(22)20-25(23,24)16-10-6-5-9-14(16)18/h2-10,15H,11H2,1H3,(H,20,22). The summed E-state index contributed by atoms with van der Waals surface area (Å²) in [5.41, 5.74) is 1.54. The number of nitrogens with one attached hydrogen (secondary N) is 1. The van der Waals surface area contributed by atoms with Gasteiger partial charge in [0.15, 0.2) is 0 Å². The Morgan fingerprint density at radius 1 is 1.16 bits per heavy atom. The Kier molecular flexibility index (Phi) is 4.54. The molecule has 0 bridgehead atoms. The highest BCUT2D eigenvalue weighted by Crippen LogP contribution is 2.30. The van der Waals surface area contributed by atoms with E-state index >= 15 is 0 Å². The van der Waals surface area contributed by atoms with E-state index in [0.29, 0.717) is 12.1 Å². The van der Waals surface area contributed by atoms with E-state index in [4.69, 9.17) is 0 Å². The van der Waals surface area contributed by atoms with Crippen LogP contribution in [-0.2, 0) is 10.0 Å². The molecule has 0 radical (unpaired) electrons. The molecule has 3 rings (SSSR count). The lowest BCUT2D eigenvalue weighted by Crippen LogP contribution is -2.40. The molecule has 25 heavy (non-hydrogen) atoms. The van der Waals surface area contributed by atoms with Gasteiger partial charge in [-0.1, -0.05) is 42.5 Å². The molecule has 1 unspecified atom stereocenters. The molecule has 0 aromatic heterocycles. The highest BCUT2D eigenvalue weighted by atomic mass is 32.2. The predicted molar refractivity (Wildman–Crippen MR) is 90.9 cm³/mol. The summed E-state index contributed by atoms with van der Waals surface area (Å²) in [6.07, 6.45) is 0.497. The van der Waals surface area contributed by atoms with Crippen LogP contribution in [-0.4, -0.2) is 25.2 Å². The predicted octanol–water partition coefficient (Wildman–Crippen LogP) is 3.05. The van der Waals surface area contributed by atoms with E-state index in [0.717, 1.165) is 22.7 Å². The number of halogens is 1.